The van der Waals surface area contributed by atoms with E-state index >= 15 is 0 Å². The van der Waals surface area contributed by atoms with Crippen molar-refractivity contribution in [2.24, 2.45) is 0 Å². The lowest BCUT2D eigenvalue weighted by molar-refractivity contribution is 0.0620. The van der Waals surface area contributed by atoms with Gasteiger partial charge in [-0.25, -0.2) is 0 Å². The summed E-state index contributed by atoms with van der Waals surface area (Å²) in [7, 11) is 0. The Hall–Kier alpha value is -1.92. The van der Waals surface area contributed by atoms with Crippen molar-refractivity contribution in [1.82, 2.24) is 5.32 Å². The number of ketones is 1. The Morgan fingerprint density at radius 2 is 2.18 bits per heavy atom. The highest BCUT2D eigenvalue weighted by Gasteiger charge is 2.32. The highest BCUT2D eigenvalue weighted by Crippen LogP contribution is 2.33. The molecule has 0 saturated carbocycles. The van der Waals surface area contributed by atoms with Crippen LogP contribution in [0.25, 0.3) is 0 Å². The van der Waals surface area contributed by atoms with Crippen LogP contribution >= 0.6 is 0 Å². The zero-order valence-electron chi connectivity index (χ0n) is 12.8. The molecule has 1 heterocycles. The smallest absolute Gasteiger partial charge is 0.251 e. The number of ether oxygens (including phenoxy) is 2. The SMILES string of the molecule is CC1(C)CC(=O)c2cc(C(=O)NCCOCCO)ccc2O1. The molecule has 0 radical (unpaired) electrons. The molecule has 0 spiro atoms. The number of hydrogen-bond acceptors (Lipinski definition) is 5. The molecule has 0 aromatic heterocycles. The number of rotatable bonds is 6. The van der Waals surface area contributed by atoms with Crippen molar-refractivity contribution in [2.45, 2.75) is 25.9 Å². The van der Waals surface area contributed by atoms with Crippen LogP contribution in [0.15, 0.2) is 18.2 Å². The molecule has 2 rings (SSSR count). The number of fused-ring (bicyclic) bond motifs is 1. The van der Waals surface area contributed by atoms with Gasteiger partial charge >= 0.3 is 0 Å². The van der Waals surface area contributed by atoms with Crippen molar-refractivity contribution in [3.05, 3.63) is 29.3 Å². The Morgan fingerprint density at radius 3 is 2.91 bits per heavy atom. The Balaban J connectivity index is 2.00. The molecule has 1 aromatic carbocycles. The zero-order chi connectivity index (χ0) is 16.2. The second kappa shape index (κ2) is 6.89. The van der Waals surface area contributed by atoms with Crippen LogP contribution in [-0.2, 0) is 4.74 Å². The van der Waals surface area contributed by atoms with Crippen LogP contribution in [0, 0.1) is 0 Å². The average Bonchev–Trinajstić information content (AvgIpc) is 2.45. The second-order valence-corrected chi connectivity index (χ2v) is 5.76. The van der Waals surface area contributed by atoms with Gasteiger partial charge in [0, 0.05) is 12.1 Å². The normalized spacial score (nSPS) is 15.9. The van der Waals surface area contributed by atoms with Crippen LogP contribution in [-0.4, -0.2) is 48.8 Å². The van der Waals surface area contributed by atoms with Crippen molar-refractivity contribution in [2.75, 3.05) is 26.4 Å². The predicted molar refractivity (Wildman–Crippen MR) is 80.3 cm³/mol. The highest BCUT2D eigenvalue weighted by atomic mass is 16.5. The van der Waals surface area contributed by atoms with Gasteiger partial charge in [0.05, 0.1) is 31.8 Å². The molecule has 0 unspecified atom stereocenters. The fourth-order valence-corrected chi connectivity index (χ4v) is 2.30. The van der Waals surface area contributed by atoms with E-state index in [0.717, 1.165) is 0 Å². The molecule has 6 nitrogen and oxygen atoms in total. The van der Waals surface area contributed by atoms with Crippen LogP contribution in [0.4, 0.5) is 0 Å². The lowest BCUT2D eigenvalue weighted by atomic mass is 9.92. The number of carbonyl (C=O) groups is 2. The van der Waals surface area contributed by atoms with Crippen LogP contribution in [0.1, 0.15) is 41.0 Å². The number of aliphatic hydroxyl groups excluding tert-OH is 1. The summed E-state index contributed by atoms with van der Waals surface area (Å²) in [6.45, 7) is 4.59. The van der Waals surface area contributed by atoms with Gasteiger partial charge in [0.2, 0.25) is 0 Å². The van der Waals surface area contributed by atoms with Gasteiger partial charge < -0.3 is 19.9 Å². The third kappa shape index (κ3) is 4.05. The van der Waals surface area contributed by atoms with Gasteiger partial charge in [-0.15, -0.1) is 0 Å². The van der Waals surface area contributed by atoms with Gasteiger partial charge in [0.15, 0.2) is 5.78 Å². The molecule has 1 aliphatic heterocycles. The first-order valence-corrected chi connectivity index (χ1v) is 7.26. The van der Waals surface area contributed by atoms with Crippen molar-refractivity contribution in [3.63, 3.8) is 0 Å². The first kappa shape index (κ1) is 16.5. The van der Waals surface area contributed by atoms with Crippen LogP contribution < -0.4 is 10.1 Å². The fraction of sp³-hybridized carbons (Fsp3) is 0.500. The molecule has 1 amide bonds. The molecule has 1 aromatic rings. The third-order valence-corrected chi connectivity index (χ3v) is 3.28. The van der Waals surface area contributed by atoms with E-state index in [1.807, 2.05) is 13.8 Å². The Morgan fingerprint density at radius 1 is 1.41 bits per heavy atom. The van der Waals surface area contributed by atoms with E-state index in [9.17, 15) is 9.59 Å². The maximum absolute atomic E-state index is 12.2. The summed E-state index contributed by atoms with van der Waals surface area (Å²) in [6, 6.07) is 4.86. The summed E-state index contributed by atoms with van der Waals surface area (Å²) >= 11 is 0. The van der Waals surface area contributed by atoms with E-state index in [-0.39, 0.29) is 24.9 Å². The monoisotopic (exact) mass is 307 g/mol. The van der Waals surface area contributed by atoms with Gasteiger partial charge in [0.25, 0.3) is 5.91 Å². The molecule has 1 aliphatic rings. The van der Waals surface area contributed by atoms with Crippen molar-refractivity contribution in [3.8, 4) is 5.75 Å². The first-order valence-electron chi connectivity index (χ1n) is 7.26. The second-order valence-electron chi connectivity index (χ2n) is 5.76. The van der Waals surface area contributed by atoms with E-state index in [2.05, 4.69) is 5.32 Å². The van der Waals surface area contributed by atoms with Gasteiger partial charge in [-0.05, 0) is 32.0 Å². The molecule has 120 valence electrons. The van der Waals surface area contributed by atoms with Crippen LogP contribution in [0.3, 0.4) is 0 Å². The molecule has 22 heavy (non-hydrogen) atoms. The number of amides is 1. The maximum Gasteiger partial charge on any atom is 0.251 e. The lowest BCUT2D eigenvalue weighted by Crippen LogP contribution is -2.36. The Labute approximate surface area is 129 Å². The average molecular weight is 307 g/mol. The number of nitrogens with one attached hydrogen (secondary N) is 1. The van der Waals surface area contributed by atoms with E-state index in [1.54, 1.807) is 18.2 Å². The highest BCUT2D eigenvalue weighted by molar-refractivity contribution is 6.03. The summed E-state index contributed by atoms with van der Waals surface area (Å²) in [5, 5.41) is 11.3. The van der Waals surface area contributed by atoms with Gasteiger partial charge in [-0.3, -0.25) is 9.59 Å². The molecule has 0 aliphatic carbocycles. The summed E-state index contributed by atoms with van der Waals surface area (Å²) in [5.74, 6) is 0.226. The lowest BCUT2D eigenvalue weighted by Gasteiger charge is -2.31. The standard InChI is InChI=1S/C16H21NO5/c1-16(2)10-13(19)12-9-11(3-4-14(12)22-16)15(20)17-5-7-21-8-6-18/h3-4,9,18H,5-8,10H2,1-2H3,(H,17,20). The molecule has 2 N–H and O–H groups in total. The Bertz CT molecular complexity index is 568. The van der Waals surface area contributed by atoms with E-state index in [4.69, 9.17) is 14.6 Å². The van der Waals surface area contributed by atoms with E-state index in [0.29, 0.717) is 36.4 Å². The zero-order valence-corrected chi connectivity index (χ0v) is 12.8. The third-order valence-electron chi connectivity index (χ3n) is 3.28. The van der Waals surface area contributed by atoms with E-state index < -0.39 is 5.60 Å². The predicted octanol–water partition coefficient (Wildman–Crippen LogP) is 1.17. The van der Waals surface area contributed by atoms with Gasteiger partial charge in [-0.1, -0.05) is 0 Å². The number of carbonyl (C=O) groups excluding carboxylic acids is 2. The van der Waals surface area contributed by atoms with Crippen molar-refractivity contribution >= 4 is 11.7 Å². The summed E-state index contributed by atoms with van der Waals surface area (Å²) in [6.07, 6.45) is 0.292. The minimum Gasteiger partial charge on any atom is -0.487 e. The topological polar surface area (TPSA) is 84.9 Å². The Kier molecular flexibility index (Phi) is 5.15. The number of benzene rings is 1. The molecule has 0 bridgehead atoms. The molecule has 0 fully saturated rings. The minimum atomic E-state index is -0.516. The quantitative estimate of drug-likeness (QED) is 0.771. The van der Waals surface area contributed by atoms with Crippen LogP contribution in [0.5, 0.6) is 5.75 Å². The molecular weight excluding hydrogens is 286 g/mol. The summed E-state index contributed by atoms with van der Waals surface area (Å²) in [5.41, 5.74) is 0.346. The molecular formula is C16H21NO5. The number of Topliss-reactive ketones (excluding diaryl/α,β-unsaturated/α-hetero) is 1. The van der Waals surface area contributed by atoms with Gasteiger partial charge in [-0.2, -0.15) is 0 Å². The van der Waals surface area contributed by atoms with Crippen molar-refractivity contribution < 1.29 is 24.2 Å². The van der Waals surface area contributed by atoms with Gasteiger partial charge in [0.1, 0.15) is 11.4 Å². The maximum atomic E-state index is 12.2. The molecule has 0 saturated heterocycles. The van der Waals surface area contributed by atoms with E-state index in [1.165, 1.54) is 0 Å². The largest absolute Gasteiger partial charge is 0.487 e. The minimum absolute atomic E-state index is 0.0211. The summed E-state index contributed by atoms with van der Waals surface area (Å²) < 4.78 is 10.8. The fourth-order valence-electron chi connectivity index (χ4n) is 2.30. The number of hydrogen-bond donors (Lipinski definition) is 2. The molecule has 6 heteroatoms. The molecule has 0 atom stereocenters. The number of aliphatic hydroxyl groups is 1. The summed E-state index contributed by atoms with van der Waals surface area (Å²) in [4.78, 5) is 24.2. The van der Waals surface area contributed by atoms with Crippen LogP contribution in [0.2, 0.25) is 0 Å². The van der Waals surface area contributed by atoms with Crippen molar-refractivity contribution in [1.29, 1.82) is 0 Å². The first-order chi connectivity index (χ1) is 10.4.